The first-order chi connectivity index (χ1) is 9.65. The number of ether oxygens (including phenoxy) is 1. The summed E-state index contributed by atoms with van der Waals surface area (Å²) in [5.74, 6) is 1.45. The van der Waals surface area contributed by atoms with Gasteiger partial charge >= 0.3 is 0 Å². The molecule has 0 saturated carbocycles. The van der Waals surface area contributed by atoms with Crippen molar-refractivity contribution in [2.24, 2.45) is 0 Å². The van der Waals surface area contributed by atoms with Gasteiger partial charge in [0.2, 0.25) is 5.95 Å². The Balaban J connectivity index is 2.38. The predicted octanol–water partition coefficient (Wildman–Crippen LogP) is 1.68. The quantitative estimate of drug-likeness (QED) is 0.829. The van der Waals surface area contributed by atoms with Crippen molar-refractivity contribution in [3.8, 4) is 11.7 Å². The van der Waals surface area contributed by atoms with Gasteiger partial charge in [0.1, 0.15) is 5.82 Å². The van der Waals surface area contributed by atoms with E-state index in [1.165, 1.54) is 17.0 Å². The van der Waals surface area contributed by atoms with E-state index in [0.717, 1.165) is 25.0 Å². The lowest BCUT2D eigenvalue weighted by atomic mass is 10.2. The fraction of sp³-hybridized carbons (Fsp3) is 0.429. The topological polar surface area (TPSA) is 69.9 Å². The minimum atomic E-state index is -0.159. The third kappa shape index (κ3) is 3.01. The van der Waals surface area contributed by atoms with Crippen molar-refractivity contribution in [3.63, 3.8) is 0 Å². The zero-order valence-electron chi connectivity index (χ0n) is 12.0. The molecule has 20 heavy (non-hydrogen) atoms. The summed E-state index contributed by atoms with van der Waals surface area (Å²) in [7, 11) is 1.54. The first kappa shape index (κ1) is 14.2. The highest BCUT2D eigenvalue weighted by atomic mass is 16.5. The van der Waals surface area contributed by atoms with Crippen LogP contribution in [0.1, 0.15) is 31.3 Å². The minimum absolute atomic E-state index is 0.159. The maximum Gasteiger partial charge on any atom is 0.260 e. The zero-order valence-corrected chi connectivity index (χ0v) is 12.0. The number of hydrogen-bond donors (Lipinski definition) is 0. The molecule has 0 unspecified atom stereocenters. The number of aromatic nitrogens is 4. The fourth-order valence-corrected chi connectivity index (χ4v) is 1.92. The van der Waals surface area contributed by atoms with Crippen molar-refractivity contribution in [1.29, 1.82) is 0 Å². The van der Waals surface area contributed by atoms with Crippen LogP contribution in [0, 0.1) is 6.92 Å². The summed E-state index contributed by atoms with van der Waals surface area (Å²) in [5.41, 5.74) is 0.660. The van der Waals surface area contributed by atoms with Crippen LogP contribution < -0.4 is 10.3 Å². The maximum atomic E-state index is 12.2. The SMILES string of the molecule is CCCCc1cc(=O)n(-c2ncc(OC)cn2)c(C)n1. The van der Waals surface area contributed by atoms with Crippen LogP contribution in [0.25, 0.3) is 5.95 Å². The molecule has 0 aliphatic rings. The number of rotatable bonds is 5. The standard InChI is InChI=1S/C14H18N4O2/c1-4-5-6-11-7-13(19)18(10(2)17-11)14-15-8-12(20-3)9-16-14/h7-9H,4-6H2,1-3H3. The molecular weight excluding hydrogens is 256 g/mol. The lowest BCUT2D eigenvalue weighted by Gasteiger charge is -2.09. The minimum Gasteiger partial charge on any atom is -0.494 e. The van der Waals surface area contributed by atoms with Gasteiger partial charge in [-0.2, -0.15) is 0 Å². The maximum absolute atomic E-state index is 12.2. The Morgan fingerprint density at radius 3 is 2.55 bits per heavy atom. The van der Waals surface area contributed by atoms with Crippen LogP contribution in [-0.4, -0.2) is 26.6 Å². The summed E-state index contributed by atoms with van der Waals surface area (Å²) < 4.78 is 6.40. The molecule has 0 spiro atoms. The van der Waals surface area contributed by atoms with Crippen molar-refractivity contribution >= 4 is 0 Å². The van der Waals surface area contributed by atoms with E-state index in [2.05, 4.69) is 21.9 Å². The molecule has 106 valence electrons. The second-order valence-corrected chi connectivity index (χ2v) is 4.49. The average Bonchev–Trinajstić information content (AvgIpc) is 2.45. The monoisotopic (exact) mass is 274 g/mol. The predicted molar refractivity (Wildman–Crippen MR) is 75.3 cm³/mol. The highest BCUT2D eigenvalue weighted by Gasteiger charge is 2.09. The van der Waals surface area contributed by atoms with E-state index in [1.807, 2.05) is 0 Å². The number of aryl methyl sites for hydroxylation is 2. The summed E-state index contributed by atoms with van der Waals surface area (Å²) in [4.78, 5) is 24.9. The molecule has 0 bridgehead atoms. The molecule has 0 saturated heterocycles. The highest BCUT2D eigenvalue weighted by Crippen LogP contribution is 2.08. The summed E-state index contributed by atoms with van der Waals surface area (Å²) in [6.45, 7) is 3.89. The molecule has 6 heteroatoms. The molecular formula is C14H18N4O2. The Labute approximate surface area is 117 Å². The molecule has 0 amide bonds. The van der Waals surface area contributed by atoms with Gasteiger partial charge in [0.25, 0.3) is 5.56 Å². The third-order valence-corrected chi connectivity index (χ3v) is 2.98. The van der Waals surface area contributed by atoms with Crippen molar-refractivity contribution in [1.82, 2.24) is 19.5 Å². The van der Waals surface area contributed by atoms with E-state index in [-0.39, 0.29) is 5.56 Å². The van der Waals surface area contributed by atoms with Crippen LogP contribution in [0.2, 0.25) is 0 Å². The zero-order chi connectivity index (χ0) is 14.5. The van der Waals surface area contributed by atoms with Crippen molar-refractivity contribution in [2.75, 3.05) is 7.11 Å². The number of unbranched alkanes of at least 4 members (excludes halogenated alkanes) is 1. The van der Waals surface area contributed by atoms with Gasteiger partial charge in [0.15, 0.2) is 5.75 Å². The summed E-state index contributed by atoms with van der Waals surface area (Å²) in [6.07, 6.45) is 5.97. The first-order valence-corrected chi connectivity index (χ1v) is 6.61. The van der Waals surface area contributed by atoms with Crippen LogP contribution in [0.15, 0.2) is 23.3 Å². The Kier molecular flexibility index (Phi) is 4.45. The Bertz CT molecular complexity index is 635. The Hall–Kier alpha value is -2.24. The molecule has 6 nitrogen and oxygen atoms in total. The Morgan fingerprint density at radius 1 is 1.30 bits per heavy atom. The highest BCUT2D eigenvalue weighted by molar-refractivity contribution is 5.21. The molecule has 0 aromatic carbocycles. The van der Waals surface area contributed by atoms with Crippen molar-refractivity contribution in [2.45, 2.75) is 33.1 Å². The second kappa shape index (κ2) is 6.27. The number of hydrogen-bond acceptors (Lipinski definition) is 5. The molecule has 0 radical (unpaired) electrons. The van der Waals surface area contributed by atoms with Gasteiger partial charge in [-0.05, 0) is 19.8 Å². The first-order valence-electron chi connectivity index (χ1n) is 6.61. The number of nitrogens with zero attached hydrogens (tertiary/aromatic N) is 4. The second-order valence-electron chi connectivity index (χ2n) is 4.49. The van der Waals surface area contributed by atoms with E-state index in [9.17, 15) is 4.79 Å². The third-order valence-electron chi connectivity index (χ3n) is 2.98. The lowest BCUT2D eigenvalue weighted by molar-refractivity contribution is 0.410. The Morgan fingerprint density at radius 2 is 2.00 bits per heavy atom. The van der Waals surface area contributed by atoms with Gasteiger partial charge in [-0.1, -0.05) is 13.3 Å². The average molecular weight is 274 g/mol. The van der Waals surface area contributed by atoms with E-state index in [1.54, 1.807) is 20.1 Å². The van der Waals surface area contributed by atoms with Crippen LogP contribution in [-0.2, 0) is 6.42 Å². The summed E-state index contributed by atoms with van der Waals surface area (Å²) in [6, 6.07) is 1.55. The van der Waals surface area contributed by atoms with E-state index in [4.69, 9.17) is 4.74 Å². The van der Waals surface area contributed by atoms with E-state index >= 15 is 0 Å². The molecule has 2 aromatic heterocycles. The normalized spacial score (nSPS) is 10.6. The van der Waals surface area contributed by atoms with Gasteiger partial charge in [-0.15, -0.1) is 0 Å². The molecule has 0 atom stereocenters. The molecule has 0 aliphatic heterocycles. The van der Waals surface area contributed by atoms with Crippen molar-refractivity contribution in [3.05, 3.63) is 40.3 Å². The van der Waals surface area contributed by atoms with Crippen LogP contribution in [0.3, 0.4) is 0 Å². The summed E-state index contributed by atoms with van der Waals surface area (Å²) in [5, 5.41) is 0. The molecule has 2 rings (SSSR count). The molecule has 2 heterocycles. The largest absolute Gasteiger partial charge is 0.494 e. The summed E-state index contributed by atoms with van der Waals surface area (Å²) >= 11 is 0. The number of methoxy groups -OCH3 is 1. The van der Waals surface area contributed by atoms with Crippen molar-refractivity contribution < 1.29 is 4.74 Å². The molecule has 0 aliphatic carbocycles. The van der Waals surface area contributed by atoms with Crippen LogP contribution >= 0.6 is 0 Å². The van der Waals surface area contributed by atoms with Gasteiger partial charge in [0, 0.05) is 11.8 Å². The lowest BCUT2D eigenvalue weighted by Crippen LogP contribution is -2.24. The molecule has 0 fully saturated rings. The van der Waals surface area contributed by atoms with Crippen LogP contribution in [0.5, 0.6) is 5.75 Å². The smallest absolute Gasteiger partial charge is 0.260 e. The van der Waals surface area contributed by atoms with Gasteiger partial charge in [0.05, 0.1) is 19.5 Å². The van der Waals surface area contributed by atoms with E-state index < -0.39 is 0 Å². The van der Waals surface area contributed by atoms with Gasteiger partial charge in [-0.3, -0.25) is 4.79 Å². The molecule has 2 aromatic rings. The molecule has 0 N–H and O–H groups in total. The van der Waals surface area contributed by atoms with Gasteiger partial charge in [-0.25, -0.2) is 19.5 Å². The fourth-order valence-electron chi connectivity index (χ4n) is 1.92. The van der Waals surface area contributed by atoms with Crippen LogP contribution in [0.4, 0.5) is 0 Å². The van der Waals surface area contributed by atoms with E-state index in [0.29, 0.717) is 17.5 Å². The van der Waals surface area contributed by atoms with Gasteiger partial charge < -0.3 is 4.74 Å².